The summed E-state index contributed by atoms with van der Waals surface area (Å²) >= 11 is 0. The van der Waals surface area contributed by atoms with E-state index in [2.05, 4.69) is 25.5 Å². The zero-order chi connectivity index (χ0) is 17.3. The highest BCUT2D eigenvalue weighted by molar-refractivity contribution is 5.52. The van der Waals surface area contributed by atoms with Crippen molar-refractivity contribution < 1.29 is 13.9 Å². The van der Waals surface area contributed by atoms with Gasteiger partial charge in [-0.25, -0.2) is 18.7 Å². The summed E-state index contributed by atoms with van der Waals surface area (Å²) in [6, 6.07) is 6.41. The molecule has 0 aliphatic carbocycles. The summed E-state index contributed by atoms with van der Waals surface area (Å²) in [6.07, 6.45) is -1.41. The number of hydrogen-bond acceptors (Lipinski definition) is 5. The maximum absolute atomic E-state index is 13.9. The topological polar surface area (TPSA) is 86.7 Å². The van der Waals surface area contributed by atoms with E-state index in [1.807, 2.05) is 6.92 Å². The van der Waals surface area contributed by atoms with Crippen molar-refractivity contribution in [2.45, 2.75) is 20.0 Å². The van der Waals surface area contributed by atoms with Crippen molar-refractivity contribution in [3.63, 3.8) is 0 Å². The molecule has 8 heteroatoms. The molecule has 0 saturated heterocycles. The Morgan fingerprint density at radius 3 is 2.54 bits per heavy atom. The van der Waals surface area contributed by atoms with Gasteiger partial charge in [0.05, 0.1) is 0 Å². The number of aromatic nitrogens is 4. The Hall–Kier alpha value is -2.87. The van der Waals surface area contributed by atoms with Crippen LogP contribution in [-0.4, -0.2) is 25.3 Å². The van der Waals surface area contributed by atoms with E-state index >= 15 is 0 Å². The molecular formula is C16H15F2N5O. The van der Waals surface area contributed by atoms with E-state index in [0.29, 0.717) is 23.4 Å². The quantitative estimate of drug-likeness (QED) is 0.684. The Morgan fingerprint density at radius 1 is 1.08 bits per heavy atom. The number of aliphatic hydroxyl groups is 1. The van der Waals surface area contributed by atoms with E-state index < -0.39 is 17.7 Å². The maximum Gasteiger partial charge on any atom is 0.164 e. The minimum Gasteiger partial charge on any atom is -0.380 e. The minimum absolute atomic E-state index is 0.00951. The van der Waals surface area contributed by atoms with Crippen LogP contribution in [0.1, 0.15) is 28.9 Å². The summed E-state index contributed by atoms with van der Waals surface area (Å²) in [6.45, 7) is 3.58. The molecule has 0 amide bonds. The number of hydrogen-bond donors (Lipinski definition) is 3. The van der Waals surface area contributed by atoms with Gasteiger partial charge in [0.25, 0.3) is 0 Å². The van der Waals surface area contributed by atoms with Gasteiger partial charge in [0.1, 0.15) is 23.6 Å². The van der Waals surface area contributed by atoms with Crippen LogP contribution in [-0.2, 0) is 0 Å². The molecule has 1 unspecified atom stereocenters. The molecule has 1 atom stereocenters. The molecule has 0 bridgehead atoms. The van der Waals surface area contributed by atoms with Crippen LogP contribution in [0, 0.1) is 25.5 Å². The Morgan fingerprint density at radius 2 is 1.88 bits per heavy atom. The van der Waals surface area contributed by atoms with Crippen LogP contribution in [0.4, 0.5) is 20.4 Å². The average Bonchev–Trinajstić information content (AvgIpc) is 2.91. The number of rotatable bonds is 4. The van der Waals surface area contributed by atoms with E-state index in [9.17, 15) is 13.9 Å². The molecule has 0 saturated carbocycles. The van der Waals surface area contributed by atoms with E-state index in [4.69, 9.17) is 0 Å². The lowest BCUT2D eigenvalue weighted by atomic mass is 10.1. The highest BCUT2D eigenvalue weighted by atomic mass is 19.1. The predicted molar refractivity (Wildman–Crippen MR) is 83.8 cm³/mol. The number of aliphatic hydroxyl groups excluding tert-OH is 1. The number of H-pyrrole nitrogens is 1. The molecule has 2 aromatic heterocycles. The summed E-state index contributed by atoms with van der Waals surface area (Å²) < 4.78 is 26.9. The van der Waals surface area contributed by atoms with Gasteiger partial charge in [0, 0.05) is 35.2 Å². The van der Waals surface area contributed by atoms with Gasteiger partial charge in [0.2, 0.25) is 0 Å². The highest BCUT2D eigenvalue weighted by Crippen LogP contribution is 2.24. The van der Waals surface area contributed by atoms with Crippen molar-refractivity contribution in [2.75, 3.05) is 5.32 Å². The second-order valence-electron chi connectivity index (χ2n) is 5.38. The molecule has 0 aliphatic rings. The predicted octanol–water partition coefficient (Wildman–Crippen LogP) is 2.92. The SMILES string of the molecule is Cc1cc(Nc2cc(C)[nH]n2)nc(C(O)c2ccc(F)cc2F)n1. The van der Waals surface area contributed by atoms with E-state index in [1.54, 1.807) is 19.1 Å². The van der Waals surface area contributed by atoms with E-state index in [1.165, 1.54) is 6.07 Å². The number of nitrogens with one attached hydrogen (secondary N) is 2. The molecule has 3 N–H and O–H groups in total. The molecular weight excluding hydrogens is 316 g/mol. The van der Waals surface area contributed by atoms with E-state index in [-0.39, 0.29) is 11.4 Å². The summed E-state index contributed by atoms with van der Waals surface area (Å²) in [7, 11) is 0. The lowest BCUT2D eigenvalue weighted by Crippen LogP contribution is -2.10. The van der Waals surface area contributed by atoms with E-state index in [0.717, 1.165) is 11.8 Å². The minimum atomic E-state index is -1.41. The van der Waals surface area contributed by atoms with Gasteiger partial charge in [-0.1, -0.05) is 6.07 Å². The molecule has 0 fully saturated rings. The zero-order valence-corrected chi connectivity index (χ0v) is 13.0. The second kappa shape index (κ2) is 6.32. The first-order valence-corrected chi connectivity index (χ1v) is 7.20. The molecule has 1 aromatic carbocycles. The number of nitrogens with zero attached hydrogens (tertiary/aromatic N) is 3. The van der Waals surface area contributed by atoms with Crippen LogP contribution in [0.15, 0.2) is 30.3 Å². The van der Waals surface area contributed by atoms with Gasteiger partial charge in [-0.15, -0.1) is 0 Å². The van der Waals surface area contributed by atoms with Crippen molar-refractivity contribution in [1.29, 1.82) is 0 Å². The largest absolute Gasteiger partial charge is 0.380 e. The maximum atomic E-state index is 13.9. The monoisotopic (exact) mass is 331 g/mol. The van der Waals surface area contributed by atoms with Crippen LogP contribution in [0.2, 0.25) is 0 Å². The van der Waals surface area contributed by atoms with Crippen molar-refractivity contribution in [1.82, 2.24) is 20.2 Å². The third-order valence-corrected chi connectivity index (χ3v) is 3.34. The first kappa shape index (κ1) is 16.0. The Balaban J connectivity index is 1.92. The standard InChI is InChI=1S/C16H15F2N5O/c1-8-5-13(20-14-6-9(2)22-23-14)21-16(19-8)15(24)11-4-3-10(17)7-12(11)18/h3-7,15,24H,1-2H3,(H2,19,20,21,22,23). The Kier molecular flexibility index (Phi) is 4.22. The van der Waals surface area contributed by atoms with Crippen LogP contribution in [0.5, 0.6) is 0 Å². The van der Waals surface area contributed by atoms with Crippen LogP contribution < -0.4 is 5.32 Å². The summed E-state index contributed by atoms with van der Waals surface area (Å²) in [4.78, 5) is 8.32. The normalized spacial score (nSPS) is 12.2. The molecule has 3 aromatic rings. The fourth-order valence-corrected chi connectivity index (χ4v) is 2.25. The number of aryl methyl sites for hydroxylation is 2. The second-order valence-corrected chi connectivity index (χ2v) is 5.38. The molecule has 6 nitrogen and oxygen atoms in total. The number of anilines is 2. The fraction of sp³-hybridized carbons (Fsp3) is 0.188. The third kappa shape index (κ3) is 3.38. The van der Waals surface area contributed by atoms with Gasteiger partial charge in [0.15, 0.2) is 11.6 Å². The molecule has 24 heavy (non-hydrogen) atoms. The lowest BCUT2D eigenvalue weighted by Gasteiger charge is -2.13. The van der Waals surface area contributed by atoms with Crippen molar-refractivity contribution in [3.05, 3.63) is 64.7 Å². The molecule has 0 spiro atoms. The average molecular weight is 331 g/mol. The van der Waals surface area contributed by atoms with Crippen LogP contribution in [0.25, 0.3) is 0 Å². The fourth-order valence-electron chi connectivity index (χ4n) is 2.25. The molecule has 0 aliphatic heterocycles. The molecule has 3 rings (SSSR count). The Bertz CT molecular complexity index is 881. The van der Waals surface area contributed by atoms with Gasteiger partial charge in [-0.3, -0.25) is 5.10 Å². The van der Waals surface area contributed by atoms with Crippen LogP contribution in [0.3, 0.4) is 0 Å². The first-order valence-electron chi connectivity index (χ1n) is 7.20. The van der Waals surface area contributed by atoms with Gasteiger partial charge >= 0.3 is 0 Å². The number of aromatic amines is 1. The third-order valence-electron chi connectivity index (χ3n) is 3.34. The van der Waals surface area contributed by atoms with Gasteiger partial charge < -0.3 is 10.4 Å². The zero-order valence-electron chi connectivity index (χ0n) is 13.0. The molecule has 0 radical (unpaired) electrons. The summed E-state index contributed by atoms with van der Waals surface area (Å²) in [5.74, 6) is -0.602. The van der Waals surface area contributed by atoms with Gasteiger partial charge in [-0.2, -0.15) is 5.10 Å². The highest BCUT2D eigenvalue weighted by Gasteiger charge is 2.19. The van der Waals surface area contributed by atoms with Crippen molar-refractivity contribution >= 4 is 11.6 Å². The number of halogens is 2. The molecule has 124 valence electrons. The van der Waals surface area contributed by atoms with Gasteiger partial charge in [-0.05, 0) is 19.9 Å². The Labute approximate surface area is 136 Å². The smallest absolute Gasteiger partial charge is 0.164 e. The molecule has 2 heterocycles. The lowest BCUT2D eigenvalue weighted by molar-refractivity contribution is 0.204. The first-order chi connectivity index (χ1) is 11.4. The summed E-state index contributed by atoms with van der Waals surface area (Å²) in [5.41, 5.74) is 1.36. The van der Waals surface area contributed by atoms with Crippen LogP contribution >= 0.6 is 0 Å². The summed E-state index contributed by atoms with van der Waals surface area (Å²) in [5, 5.41) is 20.1. The number of benzene rings is 1. The van der Waals surface area contributed by atoms with Crippen molar-refractivity contribution in [3.8, 4) is 0 Å². The van der Waals surface area contributed by atoms with Crippen molar-refractivity contribution in [2.24, 2.45) is 0 Å².